The summed E-state index contributed by atoms with van der Waals surface area (Å²) < 4.78 is 28.8. The van der Waals surface area contributed by atoms with Gasteiger partial charge in [0.15, 0.2) is 11.6 Å². The van der Waals surface area contributed by atoms with Gasteiger partial charge >= 0.3 is 6.03 Å². The monoisotopic (exact) mass is 411 g/mol. The number of carbonyl (C=O) groups is 1. The van der Waals surface area contributed by atoms with Crippen LogP contribution in [0, 0.1) is 11.6 Å². The number of aromatic nitrogens is 1. The molecule has 158 valence electrons. The van der Waals surface area contributed by atoms with Crippen molar-refractivity contribution in [3.05, 3.63) is 89.8 Å². The molecule has 0 bridgehead atoms. The van der Waals surface area contributed by atoms with Crippen molar-refractivity contribution in [1.29, 1.82) is 0 Å². The molecule has 2 amide bonds. The summed E-state index contributed by atoms with van der Waals surface area (Å²) in [5.41, 5.74) is 2.42. The molecular weight excluding hydrogens is 384 g/mol. The predicted octanol–water partition coefficient (Wildman–Crippen LogP) is 6.04. The Labute approximate surface area is 176 Å². The van der Waals surface area contributed by atoms with E-state index in [1.807, 2.05) is 36.5 Å². The highest BCUT2D eigenvalue weighted by Gasteiger charge is 2.16. The van der Waals surface area contributed by atoms with Gasteiger partial charge in [0.2, 0.25) is 0 Å². The number of anilines is 1. The fourth-order valence-corrected chi connectivity index (χ4v) is 3.30. The third-order valence-electron chi connectivity index (χ3n) is 4.96. The lowest BCUT2D eigenvalue weighted by Crippen LogP contribution is -2.36. The molecular formula is C24H27F2N3O. The number of benzene rings is 2. The standard InChI is InChI=1S/C24H27F2N3O/c1-2-3-7-14-29(24(30)27-20-12-13-22(25)23(26)16-20)18-21-11-8-15-28(21)17-19-9-5-4-6-10-19/h4-6,8-13,15-16H,2-3,7,14,17-18H2,1H3,(H,27,30). The van der Waals surface area contributed by atoms with Crippen LogP contribution in [0.4, 0.5) is 19.3 Å². The van der Waals surface area contributed by atoms with Crippen LogP contribution in [-0.4, -0.2) is 22.0 Å². The average molecular weight is 411 g/mol. The number of amides is 2. The summed E-state index contributed by atoms with van der Waals surface area (Å²) in [6, 6.07) is 17.1. The first-order valence-electron chi connectivity index (χ1n) is 10.3. The molecule has 0 spiro atoms. The Balaban J connectivity index is 1.73. The zero-order chi connectivity index (χ0) is 21.3. The third kappa shape index (κ3) is 5.92. The van der Waals surface area contributed by atoms with Crippen LogP contribution >= 0.6 is 0 Å². The van der Waals surface area contributed by atoms with Crippen molar-refractivity contribution in [2.45, 2.75) is 39.3 Å². The summed E-state index contributed by atoms with van der Waals surface area (Å²) >= 11 is 0. The minimum atomic E-state index is -0.984. The number of urea groups is 1. The summed E-state index contributed by atoms with van der Waals surface area (Å²) in [6.07, 6.45) is 4.93. The van der Waals surface area contributed by atoms with Crippen molar-refractivity contribution in [3.8, 4) is 0 Å². The molecule has 4 nitrogen and oxygen atoms in total. The quantitative estimate of drug-likeness (QED) is 0.428. The van der Waals surface area contributed by atoms with E-state index >= 15 is 0 Å². The van der Waals surface area contributed by atoms with Gasteiger partial charge in [-0.25, -0.2) is 13.6 Å². The first kappa shape index (κ1) is 21.6. The number of hydrogen-bond acceptors (Lipinski definition) is 1. The fourth-order valence-electron chi connectivity index (χ4n) is 3.30. The van der Waals surface area contributed by atoms with Gasteiger partial charge in [0.05, 0.1) is 6.54 Å². The van der Waals surface area contributed by atoms with Crippen LogP contribution in [0.15, 0.2) is 66.9 Å². The van der Waals surface area contributed by atoms with E-state index in [1.54, 1.807) is 4.90 Å². The predicted molar refractivity (Wildman–Crippen MR) is 115 cm³/mol. The Bertz CT molecular complexity index is 956. The second kappa shape index (κ2) is 10.6. The first-order valence-corrected chi connectivity index (χ1v) is 10.3. The smallest absolute Gasteiger partial charge is 0.322 e. The minimum absolute atomic E-state index is 0.235. The number of halogens is 2. The van der Waals surface area contributed by atoms with E-state index < -0.39 is 11.6 Å². The number of rotatable bonds is 9. The Hall–Kier alpha value is -3.15. The lowest BCUT2D eigenvalue weighted by Gasteiger charge is -2.24. The van der Waals surface area contributed by atoms with Crippen molar-refractivity contribution in [2.75, 3.05) is 11.9 Å². The minimum Gasteiger partial charge on any atom is -0.345 e. The van der Waals surface area contributed by atoms with E-state index in [9.17, 15) is 13.6 Å². The molecule has 0 aliphatic carbocycles. The van der Waals surface area contributed by atoms with Gasteiger partial charge in [0.1, 0.15) is 0 Å². The van der Waals surface area contributed by atoms with Crippen molar-refractivity contribution in [1.82, 2.24) is 9.47 Å². The maximum atomic E-state index is 13.5. The Morgan fingerprint density at radius 3 is 2.53 bits per heavy atom. The highest BCUT2D eigenvalue weighted by atomic mass is 19.2. The maximum Gasteiger partial charge on any atom is 0.322 e. The summed E-state index contributed by atoms with van der Waals surface area (Å²) in [5, 5.41) is 2.69. The molecule has 0 saturated carbocycles. The Morgan fingerprint density at radius 1 is 1.00 bits per heavy atom. The molecule has 6 heteroatoms. The number of hydrogen-bond donors (Lipinski definition) is 1. The van der Waals surface area contributed by atoms with Gasteiger partial charge in [0, 0.05) is 36.7 Å². The molecule has 1 heterocycles. The molecule has 0 saturated heterocycles. The molecule has 0 fully saturated rings. The lowest BCUT2D eigenvalue weighted by atomic mass is 10.2. The topological polar surface area (TPSA) is 37.3 Å². The largest absolute Gasteiger partial charge is 0.345 e. The summed E-state index contributed by atoms with van der Waals surface area (Å²) in [4.78, 5) is 14.6. The molecule has 0 unspecified atom stereocenters. The zero-order valence-corrected chi connectivity index (χ0v) is 17.2. The molecule has 2 aromatic carbocycles. The SMILES string of the molecule is CCCCCN(Cc1cccn1Cc1ccccc1)C(=O)Nc1ccc(F)c(F)c1. The normalized spacial score (nSPS) is 10.8. The Morgan fingerprint density at radius 2 is 1.80 bits per heavy atom. The molecule has 0 aliphatic heterocycles. The number of unbranched alkanes of at least 4 members (excludes halogenated alkanes) is 2. The van der Waals surface area contributed by atoms with Gasteiger partial charge in [-0.3, -0.25) is 0 Å². The number of nitrogens with one attached hydrogen (secondary N) is 1. The maximum absolute atomic E-state index is 13.5. The molecule has 30 heavy (non-hydrogen) atoms. The molecule has 1 aromatic heterocycles. The molecule has 0 aliphatic rings. The van der Waals surface area contributed by atoms with Gasteiger partial charge in [-0.05, 0) is 36.2 Å². The second-order valence-electron chi connectivity index (χ2n) is 7.30. The molecule has 0 atom stereocenters. The van der Waals surface area contributed by atoms with Gasteiger partial charge in [-0.15, -0.1) is 0 Å². The summed E-state index contributed by atoms with van der Waals surface area (Å²) in [6.45, 7) is 3.84. The van der Waals surface area contributed by atoms with Crippen LogP contribution in [0.25, 0.3) is 0 Å². The van der Waals surface area contributed by atoms with Crippen molar-refractivity contribution >= 4 is 11.7 Å². The van der Waals surface area contributed by atoms with Crippen molar-refractivity contribution in [3.63, 3.8) is 0 Å². The molecule has 1 N–H and O–H groups in total. The number of nitrogens with zero attached hydrogens (tertiary/aromatic N) is 2. The summed E-state index contributed by atoms with van der Waals surface area (Å²) in [5.74, 6) is -1.92. The van der Waals surface area contributed by atoms with Gasteiger partial charge in [-0.1, -0.05) is 50.1 Å². The average Bonchev–Trinajstić information content (AvgIpc) is 3.17. The molecule has 3 aromatic rings. The van der Waals surface area contributed by atoms with E-state index in [0.717, 1.165) is 43.6 Å². The molecule has 0 radical (unpaired) electrons. The lowest BCUT2D eigenvalue weighted by molar-refractivity contribution is 0.206. The van der Waals surface area contributed by atoms with Crippen LogP contribution in [0.2, 0.25) is 0 Å². The van der Waals surface area contributed by atoms with Gasteiger partial charge in [0.25, 0.3) is 0 Å². The second-order valence-corrected chi connectivity index (χ2v) is 7.30. The van der Waals surface area contributed by atoms with E-state index in [-0.39, 0.29) is 11.7 Å². The highest BCUT2D eigenvalue weighted by Crippen LogP contribution is 2.16. The zero-order valence-electron chi connectivity index (χ0n) is 17.2. The van der Waals surface area contributed by atoms with Crippen molar-refractivity contribution in [2.24, 2.45) is 0 Å². The van der Waals surface area contributed by atoms with E-state index in [2.05, 4.69) is 28.9 Å². The highest BCUT2D eigenvalue weighted by molar-refractivity contribution is 5.89. The molecule has 3 rings (SSSR count). The third-order valence-corrected chi connectivity index (χ3v) is 4.96. The van der Waals surface area contributed by atoms with Crippen LogP contribution in [0.1, 0.15) is 37.4 Å². The van der Waals surface area contributed by atoms with Crippen LogP contribution in [-0.2, 0) is 13.1 Å². The van der Waals surface area contributed by atoms with E-state index in [4.69, 9.17) is 0 Å². The number of carbonyl (C=O) groups excluding carboxylic acids is 1. The first-order chi connectivity index (χ1) is 14.6. The Kier molecular flexibility index (Phi) is 7.60. The van der Waals surface area contributed by atoms with E-state index in [1.165, 1.54) is 11.6 Å². The fraction of sp³-hybridized carbons (Fsp3) is 0.292. The van der Waals surface area contributed by atoms with Crippen LogP contribution in [0.5, 0.6) is 0 Å². The van der Waals surface area contributed by atoms with Crippen molar-refractivity contribution < 1.29 is 13.6 Å². The summed E-state index contributed by atoms with van der Waals surface area (Å²) in [7, 11) is 0. The van der Waals surface area contributed by atoms with Gasteiger partial charge < -0.3 is 14.8 Å². The van der Waals surface area contributed by atoms with Crippen LogP contribution in [0.3, 0.4) is 0 Å². The van der Waals surface area contributed by atoms with Crippen LogP contribution < -0.4 is 5.32 Å². The van der Waals surface area contributed by atoms with E-state index in [0.29, 0.717) is 13.1 Å². The van der Waals surface area contributed by atoms with Gasteiger partial charge in [-0.2, -0.15) is 0 Å².